The number of ether oxygens (including phenoxy) is 1. The summed E-state index contributed by atoms with van der Waals surface area (Å²) in [5.74, 6) is -0.0625. The van der Waals surface area contributed by atoms with Crippen LogP contribution >= 0.6 is 11.6 Å². The molecular formula is C21H14ClN3O5. The summed E-state index contributed by atoms with van der Waals surface area (Å²) in [7, 11) is 1.33. The number of nitrogens with zero attached hydrogens (tertiary/aromatic N) is 2. The van der Waals surface area contributed by atoms with E-state index in [2.05, 4.69) is 10.3 Å². The average Bonchev–Trinajstić information content (AvgIpc) is 3.16. The van der Waals surface area contributed by atoms with Crippen LogP contribution in [0.1, 0.15) is 10.4 Å². The molecule has 8 nitrogen and oxygen atoms in total. The van der Waals surface area contributed by atoms with E-state index in [1.165, 1.54) is 19.2 Å². The first-order valence-electron chi connectivity index (χ1n) is 8.75. The molecule has 9 heteroatoms. The molecule has 0 radical (unpaired) electrons. The first kappa shape index (κ1) is 19.4. The minimum Gasteiger partial charge on any atom is -0.490 e. The van der Waals surface area contributed by atoms with Crippen LogP contribution in [0.5, 0.6) is 5.75 Å². The number of oxazole rings is 1. The van der Waals surface area contributed by atoms with E-state index in [1.54, 1.807) is 30.3 Å². The van der Waals surface area contributed by atoms with Crippen molar-refractivity contribution < 1.29 is 18.9 Å². The number of rotatable bonds is 5. The maximum absolute atomic E-state index is 12.6. The van der Waals surface area contributed by atoms with Crippen molar-refractivity contribution in [2.24, 2.45) is 0 Å². The molecule has 1 amide bonds. The molecule has 0 spiro atoms. The Labute approximate surface area is 175 Å². The number of halogens is 1. The molecule has 1 aromatic heterocycles. The van der Waals surface area contributed by atoms with E-state index < -0.39 is 10.8 Å². The predicted molar refractivity (Wildman–Crippen MR) is 112 cm³/mol. The summed E-state index contributed by atoms with van der Waals surface area (Å²) in [6.07, 6.45) is 0. The number of carbonyl (C=O) groups excluding carboxylic acids is 1. The summed E-state index contributed by atoms with van der Waals surface area (Å²) < 4.78 is 10.7. The van der Waals surface area contributed by atoms with Gasteiger partial charge in [0.05, 0.1) is 22.6 Å². The summed E-state index contributed by atoms with van der Waals surface area (Å²) in [5.41, 5.74) is 2.02. The lowest BCUT2D eigenvalue weighted by molar-refractivity contribution is -0.385. The van der Waals surface area contributed by atoms with E-state index in [4.69, 9.17) is 20.8 Å². The number of methoxy groups -OCH3 is 1. The van der Waals surface area contributed by atoms with Crippen molar-refractivity contribution in [2.75, 3.05) is 12.4 Å². The minimum atomic E-state index is -0.604. The molecule has 0 aliphatic rings. The molecule has 0 aliphatic carbocycles. The Morgan fingerprint density at radius 1 is 1.17 bits per heavy atom. The van der Waals surface area contributed by atoms with Gasteiger partial charge in [-0.05, 0) is 42.5 Å². The van der Waals surface area contributed by atoms with Gasteiger partial charge in [0.1, 0.15) is 5.52 Å². The maximum atomic E-state index is 12.6. The number of benzene rings is 3. The number of fused-ring (bicyclic) bond motifs is 1. The van der Waals surface area contributed by atoms with E-state index in [0.29, 0.717) is 33.3 Å². The zero-order valence-corrected chi connectivity index (χ0v) is 16.3. The summed E-state index contributed by atoms with van der Waals surface area (Å²) >= 11 is 6.20. The van der Waals surface area contributed by atoms with Crippen molar-refractivity contribution >= 4 is 40.0 Å². The second-order valence-corrected chi connectivity index (χ2v) is 6.69. The standard InChI is InChI=1S/C21H14ClN3O5/c1-29-19-8-6-12(10-17(19)25(27)28)20(26)23-13-7-9-18-16(11-13)24-21(30-18)14-4-2-3-5-15(14)22/h2-11H,1H3,(H,23,26). The zero-order valence-electron chi connectivity index (χ0n) is 15.6. The zero-order chi connectivity index (χ0) is 21.3. The van der Waals surface area contributed by atoms with Gasteiger partial charge < -0.3 is 14.5 Å². The predicted octanol–water partition coefficient (Wildman–Crippen LogP) is 5.32. The monoisotopic (exact) mass is 423 g/mol. The molecule has 0 unspecified atom stereocenters. The van der Waals surface area contributed by atoms with Crippen molar-refractivity contribution in [1.82, 2.24) is 4.98 Å². The van der Waals surface area contributed by atoms with Gasteiger partial charge in [0.25, 0.3) is 5.91 Å². The Kier molecular flexibility index (Phi) is 5.07. The first-order chi connectivity index (χ1) is 14.5. The molecule has 0 atom stereocenters. The molecule has 0 aliphatic heterocycles. The van der Waals surface area contributed by atoms with Crippen LogP contribution in [0.2, 0.25) is 5.02 Å². The van der Waals surface area contributed by atoms with E-state index in [-0.39, 0.29) is 17.0 Å². The highest BCUT2D eigenvalue weighted by molar-refractivity contribution is 6.33. The normalized spacial score (nSPS) is 10.7. The van der Waals surface area contributed by atoms with Crippen LogP contribution in [0.4, 0.5) is 11.4 Å². The third-order valence-corrected chi connectivity index (χ3v) is 4.72. The fourth-order valence-electron chi connectivity index (χ4n) is 2.93. The van der Waals surface area contributed by atoms with Gasteiger partial charge >= 0.3 is 5.69 Å². The molecule has 0 saturated heterocycles. The highest BCUT2D eigenvalue weighted by Gasteiger charge is 2.19. The van der Waals surface area contributed by atoms with Gasteiger partial charge in [-0.25, -0.2) is 4.98 Å². The minimum absolute atomic E-state index is 0.0765. The number of hydrogen-bond acceptors (Lipinski definition) is 6. The molecule has 4 aromatic rings. The highest BCUT2D eigenvalue weighted by Crippen LogP contribution is 2.31. The average molecular weight is 424 g/mol. The lowest BCUT2D eigenvalue weighted by Crippen LogP contribution is -2.12. The van der Waals surface area contributed by atoms with E-state index in [0.717, 1.165) is 6.07 Å². The topological polar surface area (TPSA) is 108 Å². The number of anilines is 1. The third-order valence-electron chi connectivity index (χ3n) is 4.39. The van der Waals surface area contributed by atoms with Crippen LogP contribution in [-0.2, 0) is 0 Å². The molecule has 3 aromatic carbocycles. The summed E-state index contributed by atoms with van der Waals surface area (Å²) in [4.78, 5) is 27.6. The number of aromatic nitrogens is 1. The Hall–Kier alpha value is -3.91. The Balaban J connectivity index is 1.61. The van der Waals surface area contributed by atoms with Gasteiger partial charge in [-0.15, -0.1) is 0 Å². The van der Waals surface area contributed by atoms with Crippen molar-refractivity contribution in [3.63, 3.8) is 0 Å². The number of nitro groups is 1. The third kappa shape index (κ3) is 3.68. The fraction of sp³-hybridized carbons (Fsp3) is 0.0476. The Bertz CT molecular complexity index is 1280. The van der Waals surface area contributed by atoms with E-state index in [1.807, 2.05) is 12.1 Å². The molecule has 4 rings (SSSR count). The Morgan fingerprint density at radius 3 is 2.70 bits per heavy atom. The molecular weight excluding hydrogens is 410 g/mol. The van der Waals surface area contributed by atoms with E-state index >= 15 is 0 Å². The van der Waals surface area contributed by atoms with Gasteiger partial charge in [-0.1, -0.05) is 23.7 Å². The highest BCUT2D eigenvalue weighted by atomic mass is 35.5. The molecule has 1 heterocycles. The molecule has 0 bridgehead atoms. The van der Waals surface area contributed by atoms with Crippen molar-refractivity contribution in [3.05, 3.63) is 81.4 Å². The summed E-state index contributed by atoms with van der Waals surface area (Å²) in [6.45, 7) is 0. The number of carbonyl (C=O) groups is 1. The van der Waals surface area contributed by atoms with Crippen LogP contribution in [-0.4, -0.2) is 22.9 Å². The second-order valence-electron chi connectivity index (χ2n) is 6.28. The smallest absolute Gasteiger partial charge is 0.311 e. The number of amides is 1. The molecule has 1 N–H and O–H groups in total. The van der Waals surface area contributed by atoms with Gasteiger partial charge in [0.15, 0.2) is 11.3 Å². The van der Waals surface area contributed by atoms with Crippen LogP contribution < -0.4 is 10.1 Å². The lowest BCUT2D eigenvalue weighted by Gasteiger charge is -2.06. The maximum Gasteiger partial charge on any atom is 0.311 e. The summed E-state index contributed by atoms with van der Waals surface area (Å²) in [5, 5.41) is 14.4. The SMILES string of the molecule is COc1ccc(C(=O)Nc2ccc3oc(-c4ccccc4Cl)nc3c2)cc1[N+](=O)[O-]. The Morgan fingerprint density at radius 2 is 1.97 bits per heavy atom. The molecule has 0 fully saturated rings. The van der Waals surface area contributed by atoms with Gasteiger partial charge in [-0.3, -0.25) is 14.9 Å². The molecule has 150 valence electrons. The van der Waals surface area contributed by atoms with Gasteiger partial charge in [0.2, 0.25) is 5.89 Å². The van der Waals surface area contributed by atoms with Crippen LogP contribution in [0.15, 0.2) is 65.1 Å². The second kappa shape index (κ2) is 7.84. The van der Waals surface area contributed by atoms with E-state index in [9.17, 15) is 14.9 Å². The van der Waals surface area contributed by atoms with Crippen molar-refractivity contribution in [3.8, 4) is 17.2 Å². The molecule has 30 heavy (non-hydrogen) atoms. The van der Waals surface area contributed by atoms with Gasteiger partial charge in [-0.2, -0.15) is 0 Å². The largest absolute Gasteiger partial charge is 0.490 e. The van der Waals surface area contributed by atoms with Crippen LogP contribution in [0.3, 0.4) is 0 Å². The molecule has 0 saturated carbocycles. The lowest BCUT2D eigenvalue weighted by atomic mass is 10.1. The van der Waals surface area contributed by atoms with Crippen molar-refractivity contribution in [1.29, 1.82) is 0 Å². The van der Waals surface area contributed by atoms with Gasteiger partial charge in [0, 0.05) is 17.3 Å². The summed E-state index contributed by atoms with van der Waals surface area (Å²) in [6, 6.07) is 16.1. The number of nitrogens with one attached hydrogen (secondary N) is 1. The number of hydrogen-bond donors (Lipinski definition) is 1. The van der Waals surface area contributed by atoms with Crippen molar-refractivity contribution in [2.45, 2.75) is 0 Å². The fourth-order valence-corrected chi connectivity index (χ4v) is 3.15. The quantitative estimate of drug-likeness (QED) is 0.344. The first-order valence-corrected chi connectivity index (χ1v) is 9.13. The number of nitro benzene ring substituents is 1. The van der Waals surface area contributed by atoms with Crippen LogP contribution in [0, 0.1) is 10.1 Å². The van der Waals surface area contributed by atoms with Crippen LogP contribution in [0.25, 0.3) is 22.6 Å².